The van der Waals surface area contributed by atoms with Crippen molar-refractivity contribution in [3.05, 3.63) is 53.3 Å². The number of ether oxygens (including phenoxy) is 1. The van der Waals surface area contributed by atoms with Gasteiger partial charge in [-0.2, -0.15) is 0 Å². The van der Waals surface area contributed by atoms with Crippen LogP contribution in [0.5, 0.6) is 5.75 Å². The molecule has 0 aliphatic rings. The molecule has 0 radical (unpaired) electrons. The molecule has 0 atom stereocenters. The molecule has 0 amide bonds. The molecule has 0 unspecified atom stereocenters. The van der Waals surface area contributed by atoms with Crippen LogP contribution in [0.4, 0.5) is 15.8 Å². The lowest BCUT2D eigenvalue weighted by atomic mass is 10.2. The Morgan fingerprint density at radius 2 is 2.00 bits per heavy atom. The fourth-order valence-electron chi connectivity index (χ4n) is 1.50. The van der Waals surface area contributed by atoms with Gasteiger partial charge in [0.2, 0.25) is 0 Å². The summed E-state index contributed by atoms with van der Waals surface area (Å²) in [5, 5.41) is 3.67. The van der Waals surface area contributed by atoms with E-state index in [1.807, 2.05) is 12.1 Å². The number of hydrogen-bond donors (Lipinski definition) is 1. The zero-order chi connectivity index (χ0) is 12.3. The van der Waals surface area contributed by atoms with Crippen LogP contribution in [0.3, 0.4) is 0 Å². The van der Waals surface area contributed by atoms with Crippen LogP contribution >= 0.6 is 11.6 Å². The number of halogens is 2. The predicted octanol–water partition coefficient (Wildman–Crippen LogP) is 4.23. The summed E-state index contributed by atoms with van der Waals surface area (Å²) in [6.45, 7) is 0. The molecule has 0 aliphatic carbocycles. The first kappa shape index (κ1) is 11.7. The molecule has 2 rings (SSSR count). The molecular weight excluding hydrogens is 241 g/mol. The second kappa shape index (κ2) is 5.06. The van der Waals surface area contributed by atoms with E-state index < -0.39 is 0 Å². The second-order valence-corrected chi connectivity index (χ2v) is 3.92. The first-order valence-electron chi connectivity index (χ1n) is 5.05. The Morgan fingerprint density at radius 3 is 2.71 bits per heavy atom. The van der Waals surface area contributed by atoms with Crippen molar-refractivity contribution in [2.24, 2.45) is 0 Å². The van der Waals surface area contributed by atoms with E-state index in [-0.39, 0.29) is 5.82 Å². The van der Waals surface area contributed by atoms with Gasteiger partial charge in [-0.25, -0.2) is 4.39 Å². The third kappa shape index (κ3) is 2.88. The molecule has 1 N–H and O–H groups in total. The third-order valence-corrected chi connectivity index (χ3v) is 2.50. The standard InChI is InChI=1S/C13H11ClFNO/c1-17-13-6-5-10(15)8-12(13)16-11-4-2-3-9(14)7-11/h2-8,16H,1H3. The van der Waals surface area contributed by atoms with Crippen molar-refractivity contribution in [2.45, 2.75) is 0 Å². The van der Waals surface area contributed by atoms with Crippen molar-refractivity contribution >= 4 is 23.0 Å². The molecule has 4 heteroatoms. The Balaban J connectivity index is 2.32. The van der Waals surface area contributed by atoms with Gasteiger partial charge in [-0.05, 0) is 30.3 Å². The minimum absolute atomic E-state index is 0.324. The van der Waals surface area contributed by atoms with E-state index in [0.29, 0.717) is 16.5 Å². The maximum Gasteiger partial charge on any atom is 0.142 e. The average Bonchev–Trinajstić information content (AvgIpc) is 2.29. The Morgan fingerprint density at radius 1 is 1.18 bits per heavy atom. The molecular formula is C13H11ClFNO. The second-order valence-electron chi connectivity index (χ2n) is 3.48. The quantitative estimate of drug-likeness (QED) is 0.881. The van der Waals surface area contributed by atoms with Gasteiger partial charge in [0, 0.05) is 16.8 Å². The number of hydrogen-bond acceptors (Lipinski definition) is 2. The molecule has 0 saturated carbocycles. The van der Waals surface area contributed by atoms with Crippen molar-refractivity contribution in [1.29, 1.82) is 0 Å². The Bertz CT molecular complexity index is 531. The van der Waals surface area contributed by atoms with Gasteiger partial charge in [0.05, 0.1) is 12.8 Å². The molecule has 0 fully saturated rings. The van der Waals surface area contributed by atoms with Gasteiger partial charge in [0.1, 0.15) is 11.6 Å². The number of anilines is 2. The summed E-state index contributed by atoms with van der Waals surface area (Å²) < 4.78 is 18.3. The lowest BCUT2D eigenvalue weighted by molar-refractivity contribution is 0.416. The fourth-order valence-corrected chi connectivity index (χ4v) is 1.69. The van der Waals surface area contributed by atoms with Gasteiger partial charge >= 0.3 is 0 Å². The summed E-state index contributed by atoms with van der Waals surface area (Å²) >= 11 is 5.87. The summed E-state index contributed by atoms with van der Waals surface area (Å²) in [5.74, 6) is 0.252. The van der Waals surface area contributed by atoms with E-state index >= 15 is 0 Å². The first-order valence-corrected chi connectivity index (χ1v) is 5.43. The van der Waals surface area contributed by atoms with Crippen molar-refractivity contribution in [3.8, 4) is 5.75 Å². The molecule has 0 heterocycles. The van der Waals surface area contributed by atoms with E-state index in [2.05, 4.69) is 5.32 Å². The highest BCUT2D eigenvalue weighted by atomic mass is 35.5. The van der Waals surface area contributed by atoms with Gasteiger partial charge < -0.3 is 10.1 Å². The summed E-state index contributed by atoms with van der Waals surface area (Å²) in [6, 6.07) is 11.5. The minimum Gasteiger partial charge on any atom is -0.495 e. The summed E-state index contributed by atoms with van der Waals surface area (Å²) in [6.07, 6.45) is 0. The highest BCUT2D eigenvalue weighted by molar-refractivity contribution is 6.30. The van der Waals surface area contributed by atoms with Gasteiger partial charge in [0.15, 0.2) is 0 Å². The summed E-state index contributed by atoms with van der Waals surface area (Å²) in [7, 11) is 1.54. The highest BCUT2D eigenvalue weighted by Crippen LogP contribution is 2.29. The van der Waals surface area contributed by atoms with Crippen molar-refractivity contribution in [1.82, 2.24) is 0 Å². The van der Waals surface area contributed by atoms with E-state index in [1.54, 1.807) is 18.2 Å². The third-order valence-electron chi connectivity index (χ3n) is 2.27. The van der Waals surface area contributed by atoms with E-state index in [1.165, 1.54) is 19.2 Å². The normalized spacial score (nSPS) is 10.1. The Kier molecular flexibility index (Phi) is 3.49. The zero-order valence-electron chi connectivity index (χ0n) is 9.21. The molecule has 0 bridgehead atoms. The van der Waals surface area contributed by atoms with Crippen LogP contribution < -0.4 is 10.1 Å². The average molecular weight is 252 g/mol. The summed E-state index contributed by atoms with van der Waals surface area (Å²) in [4.78, 5) is 0. The topological polar surface area (TPSA) is 21.3 Å². The van der Waals surface area contributed by atoms with Crippen LogP contribution in [0, 0.1) is 5.82 Å². The predicted molar refractivity (Wildman–Crippen MR) is 67.7 cm³/mol. The van der Waals surface area contributed by atoms with Gasteiger partial charge in [0.25, 0.3) is 0 Å². The van der Waals surface area contributed by atoms with Crippen LogP contribution in [0.2, 0.25) is 5.02 Å². The number of nitrogens with one attached hydrogen (secondary N) is 1. The Hall–Kier alpha value is -1.74. The lowest BCUT2D eigenvalue weighted by Gasteiger charge is -2.11. The molecule has 0 spiro atoms. The lowest BCUT2D eigenvalue weighted by Crippen LogP contribution is -1.95. The smallest absolute Gasteiger partial charge is 0.142 e. The molecule has 0 saturated heterocycles. The van der Waals surface area contributed by atoms with Gasteiger partial charge in [-0.3, -0.25) is 0 Å². The van der Waals surface area contributed by atoms with Crippen LogP contribution in [0.1, 0.15) is 0 Å². The molecule has 2 aromatic rings. The van der Waals surface area contributed by atoms with E-state index in [4.69, 9.17) is 16.3 Å². The molecule has 2 aromatic carbocycles. The molecule has 2 nitrogen and oxygen atoms in total. The van der Waals surface area contributed by atoms with Gasteiger partial charge in [-0.1, -0.05) is 17.7 Å². The van der Waals surface area contributed by atoms with Crippen molar-refractivity contribution in [3.63, 3.8) is 0 Å². The zero-order valence-corrected chi connectivity index (χ0v) is 9.96. The SMILES string of the molecule is COc1ccc(F)cc1Nc1cccc(Cl)c1. The molecule has 88 valence electrons. The van der Waals surface area contributed by atoms with E-state index in [9.17, 15) is 4.39 Å². The fraction of sp³-hybridized carbons (Fsp3) is 0.0769. The van der Waals surface area contributed by atoms with Crippen LogP contribution in [0.15, 0.2) is 42.5 Å². The number of methoxy groups -OCH3 is 1. The maximum absolute atomic E-state index is 13.1. The Labute approximate surface area is 104 Å². The van der Waals surface area contributed by atoms with E-state index in [0.717, 1.165) is 5.69 Å². The first-order chi connectivity index (χ1) is 8.19. The molecule has 17 heavy (non-hydrogen) atoms. The molecule has 0 aliphatic heterocycles. The molecule has 0 aromatic heterocycles. The minimum atomic E-state index is -0.324. The maximum atomic E-state index is 13.1. The van der Waals surface area contributed by atoms with Crippen molar-refractivity contribution in [2.75, 3.05) is 12.4 Å². The van der Waals surface area contributed by atoms with Gasteiger partial charge in [-0.15, -0.1) is 0 Å². The monoisotopic (exact) mass is 251 g/mol. The van der Waals surface area contributed by atoms with Crippen LogP contribution in [0.25, 0.3) is 0 Å². The largest absolute Gasteiger partial charge is 0.495 e. The summed E-state index contributed by atoms with van der Waals surface area (Å²) in [5.41, 5.74) is 1.34. The van der Waals surface area contributed by atoms with Crippen LogP contribution in [-0.2, 0) is 0 Å². The number of benzene rings is 2. The number of rotatable bonds is 3. The van der Waals surface area contributed by atoms with Crippen LogP contribution in [-0.4, -0.2) is 7.11 Å². The van der Waals surface area contributed by atoms with Crippen molar-refractivity contribution < 1.29 is 9.13 Å². The highest BCUT2D eigenvalue weighted by Gasteiger charge is 2.05.